The number of aromatic nitrogens is 1. The number of allylic oxidation sites excluding steroid dienone is 4. The maximum Gasteiger partial charge on any atom is 0.158 e. The first-order chi connectivity index (χ1) is 17.5. The molecule has 1 aliphatic rings. The van der Waals surface area contributed by atoms with Crippen LogP contribution in [-0.4, -0.2) is 24.6 Å². The van der Waals surface area contributed by atoms with Gasteiger partial charge < -0.3 is 20.9 Å². The van der Waals surface area contributed by atoms with E-state index in [1.807, 2.05) is 18.2 Å². The van der Waals surface area contributed by atoms with E-state index >= 15 is 0 Å². The molecule has 2 aromatic rings. The number of anilines is 3. The Morgan fingerprint density at radius 1 is 1.17 bits per heavy atom. The standard InChI is InChI=1S/C31H43N5/c1-6-10-11-21-36(24(5)33-27(9-4)22-25(7-2)8-3)31-29(32)17-18-30(34-31)26-15-14-16-28(23-26)35-19-12-13-20-35/h7,9,14-18,22-23,33H,4-6,8,10-13,19-21,32H2,1-3H3/b25-7-,27-22+. The molecule has 0 amide bonds. The summed E-state index contributed by atoms with van der Waals surface area (Å²) in [4.78, 5) is 9.62. The van der Waals surface area contributed by atoms with Gasteiger partial charge in [-0.1, -0.05) is 63.6 Å². The quantitative estimate of drug-likeness (QED) is 0.228. The Kier molecular flexibility index (Phi) is 10.2. The maximum absolute atomic E-state index is 6.50. The van der Waals surface area contributed by atoms with E-state index in [0.29, 0.717) is 5.69 Å². The summed E-state index contributed by atoms with van der Waals surface area (Å²) >= 11 is 0. The molecular formula is C31H43N5. The molecule has 1 fully saturated rings. The van der Waals surface area contributed by atoms with Gasteiger partial charge in [0.1, 0.15) is 5.82 Å². The van der Waals surface area contributed by atoms with Gasteiger partial charge in [0.05, 0.1) is 11.4 Å². The second-order valence-electron chi connectivity index (χ2n) is 9.31. The molecule has 0 bridgehead atoms. The summed E-state index contributed by atoms with van der Waals surface area (Å²) in [7, 11) is 0. The number of nitrogens with two attached hydrogens (primary N) is 1. The van der Waals surface area contributed by atoms with Crippen molar-refractivity contribution in [1.29, 1.82) is 0 Å². The van der Waals surface area contributed by atoms with Gasteiger partial charge >= 0.3 is 0 Å². The van der Waals surface area contributed by atoms with Gasteiger partial charge in [0.25, 0.3) is 0 Å². The lowest BCUT2D eigenvalue weighted by atomic mass is 10.1. The number of pyridine rings is 1. The third-order valence-electron chi connectivity index (χ3n) is 6.71. The highest BCUT2D eigenvalue weighted by Crippen LogP contribution is 2.31. The van der Waals surface area contributed by atoms with Crippen LogP contribution >= 0.6 is 0 Å². The number of hydrogen-bond acceptors (Lipinski definition) is 5. The van der Waals surface area contributed by atoms with Gasteiger partial charge in [-0.15, -0.1) is 0 Å². The Morgan fingerprint density at radius 3 is 2.61 bits per heavy atom. The van der Waals surface area contributed by atoms with Gasteiger partial charge in [0.15, 0.2) is 5.82 Å². The molecule has 36 heavy (non-hydrogen) atoms. The second kappa shape index (κ2) is 13.6. The van der Waals surface area contributed by atoms with Crippen LogP contribution in [0.4, 0.5) is 17.2 Å². The van der Waals surface area contributed by atoms with Gasteiger partial charge in [-0.25, -0.2) is 4.98 Å². The molecule has 1 saturated heterocycles. The van der Waals surface area contributed by atoms with Crippen molar-refractivity contribution in [3.63, 3.8) is 0 Å². The van der Waals surface area contributed by atoms with E-state index in [1.165, 1.54) is 24.1 Å². The van der Waals surface area contributed by atoms with E-state index in [2.05, 4.69) is 85.5 Å². The monoisotopic (exact) mass is 485 g/mol. The molecule has 3 rings (SSSR count). The van der Waals surface area contributed by atoms with Crippen molar-refractivity contribution in [2.45, 2.75) is 59.3 Å². The van der Waals surface area contributed by atoms with Gasteiger partial charge in [0, 0.05) is 36.6 Å². The zero-order valence-corrected chi connectivity index (χ0v) is 22.4. The van der Waals surface area contributed by atoms with E-state index in [-0.39, 0.29) is 0 Å². The molecule has 5 heteroatoms. The molecule has 0 saturated carbocycles. The minimum atomic E-state index is 0.640. The van der Waals surface area contributed by atoms with E-state index in [4.69, 9.17) is 10.7 Å². The van der Waals surface area contributed by atoms with Crippen molar-refractivity contribution in [3.8, 4) is 11.3 Å². The Morgan fingerprint density at radius 2 is 1.94 bits per heavy atom. The van der Waals surface area contributed by atoms with Crippen LogP contribution in [0.2, 0.25) is 0 Å². The number of rotatable bonds is 13. The van der Waals surface area contributed by atoms with Crippen molar-refractivity contribution in [1.82, 2.24) is 10.3 Å². The van der Waals surface area contributed by atoms with Crippen LogP contribution in [0, 0.1) is 0 Å². The van der Waals surface area contributed by atoms with Crippen molar-refractivity contribution >= 4 is 17.2 Å². The summed E-state index contributed by atoms with van der Waals surface area (Å²) in [6.07, 6.45) is 12.8. The van der Waals surface area contributed by atoms with Gasteiger partial charge in [0.2, 0.25) is 0 Å². The van der Waals surface area contributed by atoms with Gasteiger partial charge in [-0.3, -0.25) is 0 Å². The summed E-state index contributed by atoms with van der Waals surface area (Å²) in [5.74, 6) is 1.48. The first-order valence-corrected chi connectivity index (χ1v) is 13.3. The predicted molar refractivity (Wildman–Crippen MR) is 157 cm³/mol. The molecule has 1 aromatic heterocycles. The average Bonchev–Trinajstić information content (AvgIpc) is 3.45. The lowest BCUT2D eigenvalue weighted by Crippen LogP contribution is -2.32. The Bertz CT molecular complexity index is 1090. The zero-order chi connectivity index (χ0) is 25.9. The molecule has 3 N–H and O–H groups in total. The molecule has 0 spiro atoms. The Labute approximate surface area is 218 Å². The van der Waals surface area contributed by atoms with Crippen LogP contribution < -0.4 is 20.9 Å². The summed E-state index contributed by atoms with van der Waals surface area (Å²) in [6, 6.07) is 12.6. The fraction of sp³-hybridized carbons (Fsp3) is 0.387. The van der Waals surface area contributed by atoms with E-state index in [1.54, 1.807) is 0 Å². The molecule has 192 valence electrons. The second-order valence-corrected chi connectivity index (χ2v) is 9.31. The summed E-state index contributed by atoms with van der Waals surface area (Å²) in [5, 5.41) is 3.46. The lowest BCUT2D eigenvalue weighted by Gasteiger charge is -2.28. The largest absolute Gasteiger partial charge is 0.396 e. The molecule has 1 aromatic carbocycles. The zero-order valence-electron chi connectivity index (χ0n) is 22.4. The first-order valence-electron chi connectivity index (χ1n) is 13.3. The highest BCUT2D eigenvalue weighted by atomic mass is 15.3. The fourth-order valence-electron chi connectivity index (χ4n) is 4.53. The molecule has 0 radical (unpaired) electrons. The summed E-state index contributed by atoms with van der Waals surface area (Å²) in [6.45, 7) is 17.8. The Hall–Kier alpha value is -3.47. The molecule has 5 nitrogen and oxygen atoms in total. The van der Waals surface area contributed by atoms with Crippen LogP contribution in [0.5, 0.6) is 0 Å². The molecule has 0 aliphatic carbocycles. The van der Waals surface area contributed by atoms with Crippen LogP contribution in [0.3, 0.4) is 0 Å². The number of unbranched alkanes of at least 4 members (excludes halogenated alkanes) is 2. The number of nitrogens with one attached hydrogen (secondary N) is 1. The topological polar surface area (TPSA) is 57.4 Å². The third-order valence-corrected chi connectivity index (χ3v) is 6.71. The highest BCUT2D eigenvalue weighted by molar-refractivity contribution is 5.73. The Balaban J connectivity index is 1.93. The minimum absolute atomic E-state index is 0.640. The molecule has 0 atom stereocenters. The molecule has 0 unspecified atom stereocenters. The van der Waals surface area contributed by atoms with Gasteiger partial charge in [-0.2, -0.15) is 0 Å². The van der Waals surface area contributed by atoms with Crippen LogP contribution in [-0.2, 0) is 0 Å². The third kappa shape index (κ3) is 7.03. The number of nitrogens with zero attached hydrogens (tertiary/aromatic N) is 3. The fourth-order valence-corrected chi connectivity index (χ4v) is 4.53. The van der Waals surface area contributed by atoms with Gasteiger partial charge in [-0.05, 0) is 69.0 Å². The van der Waals surface area contributed by atoms with Crippen LogP contribution in [0.15, 0.2) is 84.9 Å². The minimum Gasteiger partial charge on any atom is -0.396 e. The van der Waals surface area contributed by atoms with Crippen molar-refractivity contribution < 1.29 is 0 Å². The van der Waals surface area contributed by atoms with E-state index < -0.39 is 0 Å². The van der Waals surface area contributed by atoms with E-state index in [0.717, 1.165) is 73.9 Å². The number of nitrogen functional groups attached to an aromatic ring is 1. The summed E-state index contributed by atoms with van der Waals surface area (Å²) in [5.41, 5.74) is 12.6. The SMILES string of the molecule is C=C/C(=C\C(=C/C)CC)NC(=C)N(CCCCC)c1nc(-c2cccc(N3CCCC3)c2)ccc1N. The average molecular weight is 486 g/mol. The highest BCUT2D eigenvalue weighted by Gasteiger charge is 2.18. The summed E-state index contributed by atoms with van der Waals surface area (Å²) < 4.78 is 0. The van der Waals surface area contributed by atoms with Crippen molar-refractivity contribution in [3.05, 3.63) is 84.9 Å². The van der Waals surface area contributed by atoms with Crippen molar-refractivity contribution in [2.24, 2.45) is 0 Å². The number of benzene rings is 1. The lowest BCUT2D eigenvalue weighted by molar-refractivity contribution is 0.689. The van der Waals surface area contributed by atoms with Crippen LogP contribution in [0.25, 0.3) is 11.3 Å². The molecule has 2 heterocycles. The number of hydrogen-bond donors (Lipinski definition) is 2. The normalized spacial score (nSPS) is 14.1. The first kappa shape index (κ1) is 27.1. The molecule has 1 aliphatic heterocycles. The van der Waals surface area contributed by atoms with E-state index in [9.17, 15) is 0 Å². The smallest absolute Gasteiger partial charge is 0.158 e. The molecular weight excluding hydrogens is 442 g/mol. The predicted octanol–water partition coefficient (Wildman–Crippen LogP) is 7.41. The van der Waals surface area contributed by atoms with Crippen LogP contribution in [0.1, 0.15) is 59.3 Å². The van der Waals surface area contributed by atoms with Crippen molar-refractivity contribution in [2.75, 3.05) is 35.2 Å². The maximum atomic E-state index is 6.50.